The van der Waals surface area contributed by atoms with E-state index in [1.54, 1.807) is 12.1 Å². The van der Waals surface area contributed by atoms with Crippen LogP contribution >= 0.6 is 0 Å². The lowest BCUT2D eigenvalue weighted by Gasteiger charge is -2.47. The fourth-order valence-electron chi connectivity index (χ4n) is 6.64. The van der Waals surface area contributed by atoms with Crippen molar-refractivity contribution in [1.82, 2.24) is 10.2 Å². The molecule has 2 amide bonds. The van der Waals surface area contributed by atoms with E-state index in [-0.39, 0.29) is 53.4 Å². The zero-order valence-electron chi connectivity index (χ0n) is 25.1. The van der Waals surface area contributed by atoms with Crippen molar-refractivity contribution >= 4 is 23.5 Å². The first-order chi connectivity index (χ1) is 20.3. The van der Waals surface area contributed by atoms with Crippen molar-refractivity contribution in [3.05, 3.63) is 64.7 Å². The summed E-state index contributed by atoms with van der Waals surface area (Å²) < 4.78 is 34.4. The Morgan fingerprint density at radius 2 is 1.70 bits per heavy atom. The molecule has 1 spiro atoms. The Kier molecular flexibility index (Phi) is 8.33. The first kappa shape index (κ1) is 30.6. The molecular weight excluding hydrogens is 556 g/mol. The van der Waals surface area contributed by atoms with E-state index in [0.717, 1.165) is 43.4 Å². The zero-order valence-corrected chi connectivity index (χ0v) is 25.1. The number of halogens is 2. The van der Waals surface area contributed by atoms with Crippen molar-refractivity contribution < 1.29 is 33.0 Å². The van der Waals surface area contributed by atoms with Crippen LogP contribution in [0.3, 0.4) is 0 Å². The fourth-order valence-corrected chi connectivity index (χ4v) is 6.64. The number of carboxylic acid groups (broad SMARTS) is 1. The summed E-state index contributed by atoms with van der Waals surface area (Å²) >= 11 is 0. The molecule has 2 fully saturated rings. The number of carboxylic acids is 1. The number of amides is 2. The molecule has 5 rings (SSSR count). The number of hydrogen-bond acceptors (Lipinski definition) is 5. The second kappa shape index (κ2) is 11.7. The van der Waals surface area contributed by atoms with Gasteiger partial charge in [0, 0.05) is 17.7 Å². The van der Waals surface area contributed by atoms with Gasteiger partial charge < -0.3 is 20.1 Å². The molecule has 230 valence electrons. The molecule has 1 atom stereocenters. The molecular formula is C33H39F2N3O5. The molecule has 2 aliphatic carbocycles. The number of hydrogen-bond donors (Lipinski definition) is 2. The maximum absolute atomic E-state index is 14.8. The Balaban J connectivity index is 1.50. The second-order valence-corrected chi connectivity index (χ2v) is 13.0. The fraction of sp³-hybridized carbons (Fsp3) is 0.515. The quantitative estimate of drug-likeness (QED) is 0.376. The molecule has 1 unspecified atom stereocenters. The molecule has 8 nitrogen and oxygen atoms in total. The largest absolute Gasteiger partial charge is 0.491 e. The zero-order chi connectivity index (χ0) is 31.1. The summed E-state index contributed by atoms with van der Waals surface area (Å²) in [7, 11) is 1.19. The summed E-state index contributed by atoms with van der Waals surface area (Å²) in [6.07, 6.45) is 4.68. The Morgan fingerprint density at radius 1 is 1.09 bits per heavy atom. The maximum atomic E-state index is 14.8. The van der Waals surface area contributed by atoms with Crippen LogP contribution in [0.15, 0.2) is 41.4 Å². The van der Waals surface area contributed by atoms with Crippen molar-refractivity contribution in [2.24, 2.45) is 22.2 Å². The lowest BCUT2D eigenvalue weighted by Crippen LogP contribution is -2.52. The predicted molar refractivity (Wildman–Crippen MR) is 157 cm³/mol. The van der Waals surface area contributed by atoms with Crippen LogP contribution in [0.5, 0.6) is 5.75 Å². The van der Waals surface area contributed by atoms with Gasteiger partial charge in [0.05, 0.1) is 19.6 Å². The van der Waals surface area contributed by atoms with Gasteiger partial charge >= 0.3 is 5.97 Å². The molecule has 1 aliphatic heterocycles. The molecule has 3 aliphatic rings. The molecule has 0 saturated heterocycles. The number of aliphatic imine (C=N–C) groups is 1. The van der Waals surface area contributed by atoms with Crippen LogP contribution in [0, 0.1) is 28.9 Å². The van der Waals surface area contributed by atoms with Crippen molar-refractivity contribution in [2.75, 3.05) is 13.7 Å². The summed E-state index contributed by atoms with van der Waals surface area (Å²) in [6, 6.07) is 8.93. The summed E-state index contributed by atoms with van der Waals surface area (Å²) in [5, 5.41) is 11.5. The van der Waals surface area contributed by atoms with Crippen molar-refractivity contribution in [2.45, 2.75) is 77.4 Å². The first-order valence-corrected chi connectivity index (χ1v) is 14.9. The number of ether oxygens (including phenoxy) is 1. The van der Waals surface area contributed by atoms with Gasteiger partial charge in [-0.1, -0.05) is 32.9 Å². The van der Waals surface area contributed by atoms with Crippen LogP contribution < -0.4 is 10.1 Å². The molecule has 2 aromatic rings. The Hall–Kier alpha value is -3.82. The van der Waals surface area contributed by atoms with Gasteiger partial charge in [0.1, 0.15) is 11.4 Å². The molecule has 43 heavy (non-hydrogen) atoms. The van der Waals surface area contributed by atoms with Gasteiger partial charge in [0.25, 0.3) is 11.8 Å². The molecule has 1 heterocycles. The lowest BCUT2D eigenvalue weighted by atomic mass is 9.69. The van der Waals surface area contributed by atoms with Crippen molar-refractivity contribution in [3.63, 3.8) is 0 Å². The Labute approximate surface area is 250 Å². The van der Waals surface area contributed by atoms with Crippen LogP contribution in [0.4, 0.5) is 8.78 Å². The number of methoxy groups -OCH3 is 1. The monoisotopic (exact) mass is 595 g/mol. The SMILES string of the molecule is COc1c(F)cc(C2=NC3(CCC(C(C)(C)C)CC3)N(C(c3ccc(C(=O)NCCC(=O)O)cc3)C3CC3)C2=O)cc1F. The van der Waals surface area contributed by atoms with E-state index in [9.17, 15) is 23.2 Å². The molecule has 2 saturated carbocycles. The minimum absolute atomic E-state index is 0.0215. The summed E-state index contributed by atoms with van der Waals surface area (Å²) in [5.41, 5.74) is 0.636. The first-order valence-electron chi connectivity index (χ1n) is 14.9. The highest BCUT2D eigenvalue weighted by Gasteiger charge is 2.55. The van der Waals surface area contributed by atoms with Crippen LogP contribution in [-0.2, 0) is 9.59 Å². The summed E-state index contributed by atoms with van der Waals surface area (Å²) in [6.45, 7) is 6.68. The van der Waals surface area contributed by atoms with E-state index in [0.29, 0.717) is 24.3 Å². The van der Waals surface area contributed by atoms with Crippen molar-refractivity contribution in [1.29, 1.82) is 0 Å². The standard InChI is InChI=1S/C33H39F2N3O5/c1-32(2,3)23-11-14-33(15-12-23)37-27(22-17-24(34)29(43-4)25(35)18-22)31(42)38(33)28(19-5-6-19)20-7-9-21(10-8-20)30(41)36-16-13-26(39)40/h7-10,17-19,23,28H,5-6,11-16H2,1-4H3,(H,36,41)(H,39,40). The third-order valence-corrected chi connectivity index (χ3v) is 9.16. The van der Waals surface area contributed by atoms with Crippen LogP contribution in [0.2, 0.25) is 0 Å². The van der Waals surface area contributed by atoms with E-state index in [1.807, 2.05) is 17.0 Å². The maximum Gasteiger partial charge on any atom is 0.305 e. The molecule has 0 bridgehead atoms. The lowest BCUT2D eigenvalue weighted by molar-refractivity contribution is -0.137. The average molecular weight is 596 g/mol. The number of benzene rings is 2. The van der Waals surface area contributed by atoms with Crippen molar-refractivity contribution in [3.8, 4) is 5.75 Å². The van der Waals surface area contributed by atoms with E-state index < -0.39 is 29.0 Å². The van der Waals surface area contributed by atoms with Gasteiger partial charge in [-0.3, -0.25) is 19.4 Å². The number of carbonyl (C=O) groups is 3. The van der Waals surface area contributed by atoms with Gasteiger partial charge in [0.15, 0.2) is 17.4 Å². The molecule has 10 heteroatoms. The normalized spacial score (nSPS) is 22.8. The van der Waals surface area contributed by atoms with E-state index in [1.165, 1.54) is 7.11 Å². The third kappa shape index (κ3) is 6.15. The van der Waals surface area contributed by atoms with Crippen LogP contribution in [0.1, 0.15) is 93.2 Å². The Bertz CT molecular complexity index is 1410. The van der Waals surface area contributed by atoms with Gasteiger partial charge in [-0.05, 0) is 85.6 Å². The number of nitrogens with one attached hydrogen (secondary N) is 1. The van der Waals surface area contributed by atoms with Crippen LogP contribution in [0.25, 0.3) is 0 Å². The van der Waals surface area contributed by atoms with Gasteiger partial charge in [0.2, 0.25) is 0 Å². The summed E-state index contributed by atoms with van der Waals surface area (Å²) in [4.78, 5) is 44.6. The van der Waals surface area contributed by atoms with Gasteiger partial charge in [-0.25, -0.2) is 8.78 Å². The highest BCUT2D eigenvalue weighted by atomic mass is 19.1. The second-order valence-electron chi connectivity index (χ2n) is 13.0. The van der Waals surface area contributed by atoms with E-state index >= 15 is 0 Å². The average Bonchev–Trinajstić information content (AvgIpc) is 3.75. The number of carbonyl (C=O) groups excluding carboxylic acids is 2. The minimum atomic E-state index is -0.995. The smallest absolute Gasteiger partial charge is 0.305 e. The highest BCUT2D eigenvalue weighted by Crippen LogP contribution is 2.54. The van der Waals surface area contributed by atoms with Gasteiger partial charge in [-0.2, -0.15) is 0 Å². The third-order valence-electron chi connectivity index (χ3n) is 9.16. The number of nitrogens with zero attached hydrogens (tertiary/aromatic N) is 2. The minimum Gasteiger partial charge on any atom is -0.491 e. The van der Waals surface area contributed by atoms with Gasteiger partial charge in [-0.15, -0.1) is 0 Å². The number of rotatable bonds is 9. The van der Waals surface area contributed by atoms with E-state index in [4.69, 9.17) is 14.8 Å². The number of aliphatic carboxylic acids is 1. The molecule has 2 N–H and O–H groups in total. The highest BCUT2D eigenvalue weighted by molar-refractivity contribution is 6.46. The summed E-state index contributed by atoms with van der Waals surface area (Å²) in [5.74, 6) is -3.38. The molecule has 0 aromatic heterocycles. The molecule has 0 radical (unpaired) electrons. The topological polar surface area (TPSA) is 108 Å². The predicted octanol–water partition coefficient (Wildman–Crippen LogP) is 5.89. The van der Waals surface area contributed by atoms with Crippen LogP contribution in [-0.4, -0.2) is 52.8 Å². The van der Waals surface area contributed by atoms with E-state index in [2.05, 4.69) is 26.1 Å². The Morgan fingerprint density at radius 3 is 2.21 bits per heavy atom. The molecule has 2 aromatic carbocycles.